The first kappa shape index (κ1) is 12.4. The van der Waals surface area contributed by atoms with E-state index >= 15 is 0 Å². The van der Waals surface area contributed by atoms with Gasteiger partial charge in [0, 0.05) is 18.1 Å². The molecule has 0 heterocycles. The summed E-state index contributed by atoms with van der Waals surface area (Å²) in [7, 11) is 0. The Morgan fingerprint density at radius 3 is 2.44 bits per heavy atom. The van der Waals surface area contributed by atoms with Gasteiger partial charge in [0.15, 0.2) is 0 Å². The summed E-state index contributed by atoms with van der Waals surface area (Å²) in [4.78, 5) is 2.78. The Morgan fingerprint density at radius 2 is 2.00 bits per heavy atom. The van der Waals surface area contributed by atoms with Gasteiger partial charge in [-0.15, -0.1) is 0 Å². The zero-order valence-electron chi connectivity index (χ0n) is 11.0. The van der Waals surface area contributed by atoms with Crippen molar-refractivity contribution in [3.63, 3.8) is 0 Å². The van der Waals surface area contributed by atoms with Crippen LogP contribution in [0.3, 0.4) is 0 Å². The van der Waals surface area contributed by atoms with Crippen molar-refractivity contribution in [1.82, 2.24) is 4.90 Å². The van der Waals surface area contributed by atoms with Crippen molar-refractivity contribution >= 4 is 0 Å². The van der Waals surface area contributed by atoms with Gasteiger partial charge in [-0.05, 0) is 51.0 Å². The molecule has 0 amide bonds. The first-order valence-electron chi connectivity index (χ1n) is 7.22. The highest BCUT2D eigenvalue weighted by atomic mass is 15.3. The monoisotopic (exact) mass is 224 g/mol. The molecule has 2 aliphatic rings. The third kappa shape index (κ3) is 2.28. The largest absolute Gasteiger partial charge is 0.329 e. The minimum Gasteiger partial charge on any atom is -0.329 e. The van der Waals surface area contributed by atoms with E-state index in [0.717, 1.165) is 18.5 Å². The lowest BCUT2D eigenvalue weighted by molar-refractivity contribution is 0.0856. The molecule has 2 nitrogen and oxygen atoms in total. The van der Waals surface area contributed by atoms with Crippen LogP contribution in [0, 0.1) is 5.92 Å². The van der Waals surface area contributed by atoms with Gasteiger partial charge in [-0.1, -0.05) is 20.3 Å². The van der Waals surface area contributed by atoms with E-state index in [1.54, 1.807) is 0 Å². The van der Waals surface area contributed by atoms with E-state index in [4.69, 9.17) is 5.73 Å². The highest BCUT2D eigenvalue weighted by Crippen LogP contribution is 2.44. The molecule has 2 atom stereocenters. The van der Waals surface area contributed by atoms with Crippen LogP contribution < -0.4 is 5.73 Å². The predicted octanol–water partition coefficient (Wildman–Crippen LogP) is 2.77. The number of hydrogen-bond donors (Lipinski definition) is 1. The van der Waals surface area contributed by atoms with Crippen molar-refractivity contribution in [2.45, 2.75) is 70.4 Å². The van der Waals surface area contributed by atoms with Crippen LogP contribution in [0.1, 0.15) is 58.8 Å². The average molecular weight is 224 g/mol. The summed E-state index contributed by atoms with van der Waals surface area (Å²) in [6.45, 7) is 6.77. The van der Waals surface area contributed by atoms with Gasteiger partial charge in [-0.3, -0.25) is 4.90 Å². The molecule has 94 valence electrons. The summed E-state index contributed by atoms with van der Waals surface area (Å²) in [5.74, 6) is 0.932. The molecule has 2 unspecified atom stereocenters. The van der Waals surface area contributed by atoms with E-state index < -0.39 is 0 Å². The van der Waals surface area contributed by atoms with Crippen LogP contribution in [0.15, 0.2) is 0 Å². The number of nitrogens with zero attached hydrogens (tertiary/aromatic N) is 1. The summed E-state index contributed by atoms with van der Waals surface area (Å²) in [5, 5.41) is 0. The zero-order chi connectivity index (χ0) is 11.6. The minimum absolute atomic E-state index is 0.373. The highest BCUT2D eigenvalue weighted by molar-refractivity contribution is 5.03. The summed E-state index contributed by atoms with van der Waals surface area (Å²) >= 11 is 0. The Labute approximate surface area is 101 Å². The van der Waals surface area contributed by atoms with Gasteiger partial charge in [0.2, 0.25) is 0 Å². The third-order valence-electron chi connectivity index (χ3n) is 4.71. The molecule has 0 aromatic heterocycles. The van der Waals surface area contributed by atoms with Crippen molar-refractivity contribution < 1.29 is 0 Å². The molecule has 2 aliphatic carbocycles. The molecule has 0 bridgehead atoms. The first-order chi connectivity index (χ1) is 7.75. The van der Waals surface area contributed by atoms with Crippen LogP contribution in [0.5, 0.6) is 0 Å². The van der Waals surface area contributed by atoms with E-state index in [9.17, 15) is 0 Å². The van der Waals surface area contributed by atoms with Crippen LogP contribution >= 0.6 is 0 Å². The second-order valence-corrected chi connectivity index (χ2v) is 5.87. The van der Waals surface area contributed by atoms with Crippen molar-refractivity contribution in [2.75, 3.05) is 13.1 Å². The van der Waals surface area contributed by atoms with Crippen molar-refractivity contribution in [1.29, 1.82) is 0 Å². The molecule has 0 aliphatic heterocycles. The lowest BCUT2D eigenvalue weighted by Gasteiger charge is -2.41. The Kier molecular flexibility index (Phi) is 3.91. The Bertz CT molecular complexity index is 225. The molecule has 2 saturated carbocycles. The molecular weight excluding hydrogens is 196 g/mol. The normalized spacial score (nSPS) is 34.9. The topological polar surface area (TPSA) is 29.3 Å². The average Bonchev–Trinajstić information content (AvgIpc) is 3.05. The van der Waals surface area contributed by atoms with E-state index in [-0.39, 0.29) is 0 Å². The fourth-order valence-corrected chi connectivity index (χ4v) is 3.56. The summed E-state index contributed by atoms with van der Waals surface area (Å²) in [6, 6.07) is 0.874. The quantitative estimate of drug-likeness (QED) is 0.751. The maximum absolute atomic E-state index is 6.14. The second kappa shape index (κ2) is 5.05. The summed E-state index contributed by atoms with van der Waals surface area (Å²) in [6.07, 6.45) is 9.55. The summed E-state index contributed by atoms with van der Waals surface area (Å²) in [5.41, 5.74) is 6.51. The van der Waals surface area contributed by atoms with Gasteiger partial charge >= 0.3 is 0 Å². The fourth-order valence-electron chi connectivity index (χ4n) is 3.56. The van der Waals surface area contributed by atoms with Crippen LogP contribution in [-0.4, -0.2) is 29.6 Å². The number of rotatable bonds is 6. The van der Waals surface area contributed by atoms with Crippen LogP contribution in [-0.2, 0) is 0 Å². The molecule has 0 spiro atoms. The summed E-state index contributed by atoms with van der Waals surface area (Å²) < 4.78 is 0. The highest BCUT2D eigenvalue weighted by Gasteiger charge is 2.46. The van der Waals surface area contributed by atoms with Gasteiger partial charge in [-0.25, -0.2) is 0 Å². The van der Waals surface area contributed by atoms with Crippen LogP contribution in [0.2, 0.25) is 0 Å². The van der Waals surface area contributed by atoms with Gasteiger partial charge in [0.25, 0.3) is 0 Å². The van der Waals surface area contributed by atoms with Crippen LogP contribution in [0.4, 0.5) is 0 Å². The molecule has 16 heavy (non-hydrogen) atoms. The molecule has 2 heteroatoms. The van der Waals surface area contributed by atoms with E-state index in [1.807, 2.05) is 0 Å². The molecular formula is C14H28N2. The smallest absolute Gasteiger partial charge is 0.0337 e. The van der Waals surface area contributed by atoms with Crippen molar-refractivity contribution in [3.8, 4) is 0 Å². The molecule has 0 saturated heterocycles. The fraction of sp³-hybridized carbons (Fsp3) is 1.00. The lowest BCUT2D eigenvalue weighted by Crippen LogP contribution is -2.53. The third-order valence-corrected chi connectivity index (χ3v) is 4.71. The Morgan fingerprint density at radius 1 is 1.25 bits per heavy atom. The van der Waals surface area contributed by atoms with Crippen molar-refractivity contribution in [3.05, 3.63) is 0 Å². The standard InChI is InChI=1S/C14H28N2/c1-3-9-16(13-5-6-13)14(11-15)8-7-12(4-2)10-14/h12-13H,3-11,15H2,1-2H3. The van der Waals surface area contributed by atoms with E-state index in [1.165, 1.54) is 51.5 Å². The number of nitrogens with two attached hydrogens (primary N) is 1. The van der Waals surface area contributed by atoms with E-state index in [2.05, 4.69) is 18.7 Å². The SMILES string of the molecule is CCCN(C1CC1)C1(CN)CCC(CC)C1. The lowest BCUT2D eigenvalue weighted by atomic mass is 9.92. The van der Waals surface area contributed by atoms with Gasteiger partial charge in [0.05, 0.1) is 0 Å². The first-order valence-corrected chi connectivity index (χ1v) is 7.22. The molecule has 2 fully saturated rings. The second-order valence-electron chi connectivity index (χ2n) is 5.87. The molecule has 2 N–H and O–H groups in total. The molecule has 0 aromatic rings. The van der Waals surface area contributed by atoms with Crippen LogP contribution in [0.25, 0.3) is 0 Å². The molecule has 0 aromatic carbocycles. The number of hydrogen-bond acceptors (Lipinski definition) is 2. The van der Waals surface area contributed by atoms with Gasteiger partial charge in [0.1, 0.15) is 0 Å². The zero-order valence-corrected chi connectivity index (χ0v) is 11.0. The maximum atomic E-state index is 6.14. The van der Waals surface area contributed by atoms with Gasteiger partial charge < -0.3 is 5.73 Å². The molecule has 2 rings (SSSR count). The Hall–Kier alpha value is -0.0800. The molecule has 0 radical (unpaired) electrons. The van der Waals surface area contributed by atoms with Gasteiger partial charge in [-0.2, -0.15) is 0 Å². The Balaban J connectivity index is 2.06. The van der Waals surface area contributed by atoms with Crippen molar-refractivity contribution in [2.24, 2.45) is 11.7 Å². The maximum Gasteiger partial charge on any atom is 0.0337 e. The minimum atomic E-state index is 0.373. The van der Waals surface area contributed by atoms with E-state index in [0.29, 0.717) is 5.54 Å². The predicted molar refractivity (Wildman–Crippen MR) is 69.4 cm³/mol.